The minimum atomic E-state index is -3.67. The molecule has 31 heavy (non-hydrogen) atoms. The standard InChI is InChI=1S/C21H24F2N4O3S/c1-12(2)26-31(28,29)15-6-8-17(25-10-15)20-19(24)16-7-5-14(30-21(22)23)9-18(16)27(20)11-13-3-4-13/h5-10,12-13,21,26H,3-4,11,24H2,1-2H3. The van der Waals surface area contributed by atoms with Crippen LogP contribution >= 0.6 is 0 Å². The van der Waals surface area contributed by atoms with Crippen LogP contribution in [0.2, 0.25) is 0 Å². The fraction of sp³-hybridized carbons (Fsp3) is 0.381. The first-order valence-corrected chi connectivity index (χ1v) is 11.5. The maximum absolute atomic E-state index is 12.7. The highest BCUT2D eigenvalue weighted by Gasteiger charge is 2.27. The number of rotatable bonds is 8. The van der Waals surface area contributed by atoms with E-state index < -0.39 is 16.6 Å². The van der Waals surface area contributed by atoms with Crippen molar-refractivity contribution in [2.45, 2.75) is 50.8 Å². The minimum Gasteiger partial charge on any atom is -0.435 e. The molecule has 4 rings (SSSR count). The second kappa shape index (κ2) is 8.08. The van der Waals surface area contributed by atoms with Crippen molar-refractivity contribution in [3.8, 4) is 17.1 Å². The Morgan fingerprint density at radius 2 is 2.00 bits per heavy atom. The molecule has 1 saturated carbocycles. The zero-order chi connectivity index (χ0) is 22.3. The van der Waals surface area contributed by atoms with E-state index in [4.69, 9.17) is 5.73 Å². The summed E-state index contributed by atoms with van der Waals surface area (Å²) in [4.78, 5) is 4.42. The number of hydrogen-bond donors (Lipinski definition) is 2. The zero-order valence-electron chi connectivity index (χ0n) is 17.2. The number of ether oxygens (including phenoxy) is 1. The van der Waals surface area contributed by atoms with Crippen LogP contribution in [0.5, 0.6) is 5.75 Å². The van der Waals surface area contributed by atoms with Gasteiger partial charge in [-0.25, -0.2) is 13.1 Å². The van der Waals surface area contributed by atoms with E-state index in [1.807, 2.05) is 4.57 Å². The van der Waals surface area contributed by atoms with Crippen LogP contribution < -0.4 is 15.2 Å². The normalized spacial score (nSPS) is 14.6. The third-order valence-corrected chi connectivity index (χ3v) is 6.76. The van der Waals surface area contributed by atoms with Gasteiger partial charge in [0, 0.05) is 30.2 Å². The summed E-state index contributed by atoms with van der Waals surface area (Å²) < 4.78 is 59.2. The van der Waals surface area contributed by atoms with Crippen molar-refractivity contribution in [2.24, 2.45) is 5.92 Å². The van der Waals surface area contributed by atoms with E-state index in [1.54, 1.807) is 32.0 Å². The SMILES string of the molecule is CC(C)NS(=O)(=O)c1ccc(-c2c(N)c3ccc(OC(F)F)cc3n2CC2CC2)nc1. The van der Waals surface area contributed by atoms with E-state index >= 15 is 0 Å². The van der Waals surface area contributed by atoms with Crippen molar-refractivity contribution in [2.75, 3.05) is 5.73 Å². The van der Waals surface area contributed by atoms with Crippen molar-refractivity contribution in [1.29, 1.82) is 0 Å². The van der Waals surface area contributed by atoms with E-state index in [0.29, 0.717) is 40.4 Å². The van der Waals surface area contributed by atoms with Gasteiger partial charge in [0.2, 0.25) is 10.0 Å². The van der Waals surface area contributed by atoms with Crippen molar-refractivity contribution in [1.82, 2.24) is 14.3 Å². The molecule has 0 amide bonds. The second-order valence-electron chi connectivity index (χ2n) is 8.03. The number of nitrogens with two attached hydrogens (primary N) is 1. The Kier molecular flexibility index (Phi) is 5.61. The monoisotopic (exact) mass is 450 g/mol. The first kappa shape index (κ1) is 21.5. The van der Waals surface area contributed by atoms with E-state index in [0.717, 1.165) is 12.8 Å². The van der Waals surface area contributed by atoms with E-state index in [-0.39, 0.29) is 16.7 Å². The van der Waals surface area contributed by atoms with Gasteiger partial charge in [0.15, 0.2) is 0 Å². The van der Waals surface area contributed by atoms with Crippen molar-refractivity contribution < 1.29 is 21.9 Å². The van der Waals surface area contributed by atoms with Gasteiger partial charge in [0.25, 0.3) is 0 Å². The number of sulfonamides is 1. The Hall–Kier alpha value is -2.72. The number of nitrogens with zero attached hydrogens (tertiary/aromatic N) is 2. The Morgan fingerprint density at radius 1 is 1.26 bits per heavy atom. The van der Waals surface area contributed by atoms with Crippen LogP contribution in [-0.2, 0) is 16.6 Å². The molecule has 0 atom stereocenters. The number of hydrogen-bond acceptors (Lipinski definition) is 5. The molecule has 0 spiro atoms. The van der Waals surface area contributed by atoms with Crippen molar-refractivity contribution >= 4 is 26.6 Å². The Labute approximate surface area is 179 Å². The number of fused-ring (bicyclic) bond motifs is 1. The quantitative estimate of drug-likeness (QED) is 0.541. The van der Waals surface area contributed by atoms with Crippen molar-refractivity contribution in [3.05, 3.63) is 36.5 Å². The average Bonchev–Trinajstić information content (AvgIpc) is 3.46. The number of aromatic nitrogens is 2. The molecule has 0 bridgehead atoms. The van der Waals surface area contributed by atoms with Crippen LogP contribution in [-0.4, -0.2) is 30.6 Å². The van der Waals surface area contributed by atoms with Crippen LogP contribution in [0.4, 0.5) is 14.5 Å². The minimum absolute atomic E-state index is 0.0535. The first-order valence-electron chi connectivity index (χ1n) is 10.0. The maximum atomic E-state index is 12.7. The summed E-state index contributed by atoms with van der Waals surface area (Å²) in [5, 5.41) is 0.706. The van der Waals surface area contributed by atoms with Crippen LogP contribution in [0.3, 0.4) is 0 Å². The molecule has 1 aromatic carbocycles. The number of pyridine rings is 1. The van der Waals surface area contributed by atoms with E-state index in [1.165, 1.54) is 18.3 Å². The van der Waals surface area contributed by atoms with Gasteiger partial charge in [0.05, 0.1) is 22.6 Å². The second-order valence-corrected chi connectivity index (χ2v) is 9.74. The zero-order valence-corrected chi connectivity index (χ0v) is 18.0. The molecule has 1 aliphatic rings. The highest BCUT2D eigenvalue weighted by atomic mass is 32.2. The molecule has 0 unspecified atom stereocenters. The first-order chi connectivity index (χ1) is 14.7. The Morgan fingerprint density at radius 3 is 2.58 bits per heavy atom. The maximum Gasteiger partial charge on any atom is 0.387 e. The summed E-state index contributed by atoms with van der Waals surface area (Å²) in [6.07, 6.45) is 3.46. The molecular formula is C21H24F2N4O3S. The molecule has 7 nitrogen and oxygen atoms in total. The molecule has 166 valence electrons. The lowest BCUT2D eigenvalue weighted by Gasteiger charge is -2.12. The predicted octanol–water partition coefficient (Wildman–Crippen LogP) is 3.98. The topological polar surface area (TPSA) is 99.2 Å². The lowest BCUT2D eigenvalue weighted by Crippen LogP contribution is -2.30. The number of nitrogens with one attached hydrogen (secondary N) is 1. The largest absolute Gasteiger partial charge is 0.435 e. The third kappa shape index (κ3) is 4.49. The van der Waals surface area contributed by atoms with Gasteiger partial charge < -0.3 is 15.0 Å². The highest BCUT2D eigenvalue weighted by molar-refractivity contribution is 7.89. The summed E-state index contributed by atoms with van der Waals surface area (Å²) >= 11 is 0. The van der Waals surface area contributed by atoms with Crippen LogP contribution in [0.25, 0.3) is 22.3 Å². The summed E-state index contributed by atoms with van der Waals surface area (Å²) in [7, 11) is -3.67. The van der Waals surface area contributed by atoms with Gasteiger partial charge in [-0.05, 0) is 56.9 Å². The molecule has 2 aromatic heterocycles. The van der Waals surface area contributed by atoms with Gasteiger partial charge in [-0.2, -0.15) is 8.78 Å². The molecule has 3 aromatic rings. The molecule has 1 fully saturated rings. The smallest absolute Gasteiger partial charge is 0.387 e. The van der Waals surface area contributed by atoms with Gasteiger partial charge in [0.1, 0.15) is 10.6 Å². The highest BCUT2D eigenvalue weighted by Crippen LogP contribution is 2.40. The fourth-order valence-electron chi connectivity index (χ4n) is 3.61. The molecule has 1 aliphatic carbocycles. The van der Waals surface area contributed by atoms with Gasteiger partial charge >= 0.3 is 6.61 Å². The average molecular weight is 451 g/mol. The van der Waals surface area contributed by atoms with Gasteiger partial charge in [-0.15, -0.1) is 0 Å². The summed E-state index contributed by atoms with van der Waals surface area (Å²) in [6, 6.07) is 7.51. The third-order valence-electron chi connectivity index (χ3n) is 5.12. The molecular weight excluding hydrogens is 426 g/mol. The summed E-state index contributed by atoms with van der Waals surface area (Å²) in [5.74, 6) is 0.529. The number of anilines is 1. The van der Waals surface area contributed by atoms with Gasteiger partial charge in [-0.3, -0.25) is 4.98 Å². The molecule has 0 radical (unpaired) electrons. The van der Waals surface area contributed by atoms with Crippen LogP contribution in [0.15, 0.2) is 41.4 Å². The summed E-state index contributed by atoms with van der Waals surface area (Å²) in [5.41, 5.74) is 8.71. The number of halogens is 2. The molecule has 0 saturated heterocycles. The van der Waals surface area contributed by atoms with Crippen molar-refractivity contribution in [3.63, 3.8) is 0 Å². The van der Waals surface area contributed by atoms with Crippen LogP contribution in [0, 0.1) is 5.92 Å². The lowest BCUT2D eigenvalue weighted by molar-refractivity contribution is -0.0497. The fourth-order valence-corrected chi connectivity index (χ4v) is 4.81. The summed E-state index contributed by atoms with van der Waals surface area (Å²) in [6.45, 7) is 1.22. The molecule has 2 heterocycles. The van der Waals surface area contributed by atoms with Gasteiger partial charge in [-0.1, -0.05) is 0 Å². The number of benzene rings is 1. The van der Waals surface area contributed by atoms with Crippen LogP contribution in [0.1, 0.15) is 26.7 Å². The molecule has 0 aliphatic heterocycles. The number of alkyl halides is 2. The lowest BCUT2D eigenvalue weighted by atomic mass is 10.2. The Balaban J connectivity index is 1.80. The van der Waals surface area contributed by atoms with E-state index in [2.05, 4.69) is 14.4 Å². The number of nitrogen functional groups attached to an aromatic ring is 1. The molecule has 3 N–H and O–H groups in total. The molecule has 10 heteroatoms. The predicted molar refractivity (Wildman–Crippen MR) is 114 cm³/mol. The Bertz CT molecular complexity index is 1200. The van der Waals surface area contributed by atoms with E-state index in [9.17, 15) is 17.2 Å².